The second-order valence-corrected chi connectivity index (χ2v) is 5.64. The minimum Gasteiger partial charge on any atom is -0.321 e. The van der Waals surface area contributed by atoms with E-state index in [0.29, 0.717) is 5.92 Å². The number of Topliss-reactive ketones (excluding diaryl/α,β-unsaturated/α-hetero) is 1. The van der Waals surface area contributed by atoms with Gasteiger partial charge in [0.25, 0.3) is 0 Å². The van der Waals surface area contributed by atoms with Gasteiger partial charge in [0.15, 0.2) is 5.78 Å². The lowest BCUT2D eigenvalue weighted by Crippen LogP contribution is -2.32. The Labute approximate surface area is 101 Å². The second-order valence-electron chi connectivity index (χ2n) is 4.69. The van der Waals surface area contributed by atoms with Crippen molar-refractivity contribution in [3.8, 4) is 0 Å². The monoisotopic (exact) mass is 237 g/mol. The summed E-state index contributed by atoms with van der Waals surface area (Å²) in [6.07, 6.45) is 7.35. The van der Waals surface area contributed by atoms with E-state index in [9.17, 15) is 4.79 Å². The van der Waals surface area contributed by atoms with Crippen LogP contribution < -0.4 is 5.73 Å². The minimum absolute atomic E-state index is 0.126. The van der Waals surface area contributed by atoms with E-state index in [-0.39, 0.29) is 11.8 Å². The lowest BCUT2D eigenvalue weighted by molar-refractivity contribution is 0.0948. The van der Waals surface area contributed by atoms with Crippen molar-refractivity contribution in [2.45, 2.75) is 44.6 Å². The maximum Gasteiger partial charge on any atom is 0.189 e. The van der Waals surface area contributed by atoms with Crippen molar-refractivity contribution in [1.82, 2.24) is 0 Å². The predicted molar refractivity (Wildman–Crippen MR) is 67.8 cm³/mol. The van der Waals surface area contributed by atoms with Gasteiger partial charge in [-0.05, 0) is 23.8 Å². The van der Waals surface area contributed by atoms with Crippen LogP contribution in [0.5, 0.6) is 0 Å². The average Bonchev–Trinajstić information content (AvgIpc) is 2.83. The summed E-state index contributed by atoms with van der Waals surface area (Å²) < 4.78 is 0. The van der Waals surface area contributed by atoms with Gasteiger partial charge in [-0.25, -0.2) is 0 Å². The molecule has 0 spiro atoms. The predicted octanol–water partition coefficient (Wildman–Crippen LogP) is 3.23. The van der Waals surface area contributed by atoms with Gasteiger partial charge in [-0.3, -0.25) is 4.79 Å². The number of carbonyl (C=O) groups is 1. The molecule has 1 atom stereocenters. The van der Waals surface area contributed by atoms with E-state index >= 15 is 0 Å². The maximum absolute atomic E-state index is 12.0. The smallest absolute Gasteiger partial charge is 0.189 e. The molecular weight excluding hydrogens is 218 g/mol. The van der Waals surface area contributed by atoms with Crippen molar-refractivity contribution in [2.24, 2.45) is 11.7 Å². The summed E-state index contributed by atoms with van der Waals surface area (Å²) in [5.74, 6) is 0.799. The number of ketones is 1. The van der Waals surface area contributed by atoms with Crippen LogP contribution in [0.25, 0.3) is 0 Å². The molecule has 88 valence electrons. The van der Waals surface area contributed by atoms with Crippen molar-refractivity contribution >= 4 is 17.1 Å². The Morgan fingerprint density at radius 1 is 1.44 bits per heavy atom. The van der Waals surface area contributed by atoms with Gasteiger partial charge < -0.3 is 5.73 Å². The molecule has 16 heavy (non-hydrogen) atoms. The third-order valence-corrected chi connectivity index (χ3v) is 4.30. The molecule has 1 heterocycles. The molecule has 0 bridgehead atoms. The highest BCUT2D eigenvalue weighted by molar-refractivity contribution is 7.12. The zero-order valence-electron chi connectivity index (χ0n) is 9.52. The van der Waals surface area contributed by atoms with Crippen LogP contribution in [0.1, 0.15) is 48.2 Å². The number of nitrogens with two attached hydrogens (primary N) is 1. The van der Waals surface area contributed by atoms with Gasteiger partial charge in [0.1, 0.15) is 0 Å². The molecule has 1 aromatic rings. The highest BCUT2D eigenvalue weighted by atomic mass is 32.1. The van der Waals surface area contributed by atoms with Crippen LogP contribution >= 0.6 is 11.3 Å². The van der Waals surface area contributed by atoms with Crippen LogP contribution in [-0.2, 0) is 0 Å². The first kappa shape index (κ1) is 11.8. The van der Waals surface area contributed by atoms with Crippen molar-refractivity contribution in [1.29, 1.82) is 0 Å². The molecule has 2 N–H and O–H groups in total. The van der Waals surface area contributed by atoms with Crippen molar-refractivity contribution in [3.63, 3.8) is 0 Å². The van der Waals surface area contributed by atoms with E-state index in [0.717, 1.165) is 11.3 Å². The Balaban J connectivity index is 1.87. The molecule has 2 rings (SSSR count). The van der Waals surface area contributed by atoms with Gasteiger partial charge >= 0.3 is 0 Å². The van der Waals surface area contributed by atoms with Gasteiger partial charge in [0, 0.05) is 0 Å². The van der Waals surface area contributed by atoms with E-state index in [1.54, 1.807) is 0 Å². The highest BCUT2D eigenvalue weighted by Crippen LogP contribution is 2.27. The molecule has 0 amide bonds. The zero-order chi connectivity index (χ0) is 11.4. The minimum atomic E-state index is -0.290. The van der Waals surface area contributed by atoms with Crippen LogP contribution in [0.3, 0.4) is 0 Å². The van der Waals surface area contributed by atoms with E-state index < -0.39 is 0 Å². The van der Waals surface area contributed by atoms with Crippen LogP contribution in [0.15, 0.2) is 17.5 Å². The van der Waals surface area contributed by atoms with Crippen molar-refractivity contribution < 1.29 is 4.79 Å². The maximum atomic E-state index is 12.0. The molecule has 0 radical (unpaired) electrons. The normalized spacial score (nSPS) is 19.6. The first-order valence-corrected chi connectivity index (χ1v) is 6.98. The Morgan fingerprint density at radius 2 is 2.19 bits per heavy atom. The van der Waals surface area contributed by atoms with Gasteiger partial charge in [0.2, 0.25) is 0 Å². The van der Waals surface area contributed by atoms with E-state index in [1.165, 1.54) is 43.4 Å². The Morgan fingerprint density at radius 3 is 2.81 bits per heavy atom. The summed E-state index contributed by atoms with van der Waals surface area (Å²) in [4.78, 5) is 12.8. The van der Waals surface area contributed by atoms with Gasteiger partial charge in [-0.1, -0.05) is 38.2 Å². The SMILES string of the molecule is NC(CC1CCCCC1)C(=O)c1cccs1. The first-order valence-electron chi connectivity index (χ1n) is 6.10. The molecule has 0 saturated heterocycles. The van der Waals surface area contributed by atoms with Gasteiger partial charge in [0.05, 0.1) is 10.9 Å². The molecule has 1 saturated carbocycles. The quantitative estimate of drug-likeness (QED) is 0.817. The van der Waals surface area contributed by atoms with Crippen LogP contribution in [0.4, 0.5) is 0 Å². The van der Waals surface area contributed by atoms with E-state index in [4.69, 9.17) is 5.73 Å². The van der Waals surface area contributed by atoms with Gasteiger partial charge in [-0.15, -0.1) is 11.3 Å². The fraction of sp³-hybridized carbons (Fsp3) is 0.615. The third kappa shape index (κ3) is 2.92. The number of hydrogen-bond donors (Lipinski definition) is 1. The number of hydrogen-bond acceptors (Lipinski definition) is 3. The van der Waals surface area contributed by atoms with Crippen LogP contribution in [0.2, 0.25) is 0 Å². The summed E-state index contributed by atoms with van der Waals surface area (Å²) in [5, 5.41) is 1.93. The molecule has 3 heteroatoms. The molecule has 1 aliphatic rings. The fourth-order valence-corrected chi connectivity index (χ4v) is 3.22. The van der Waals surface area contributed by atoms with Crippen LogP contribution in [-0.4, -0.2) is 11.8 Å². The molecule has 1 aliphatic carbocycles. The molecule has 1 fully saturated rings. The van der Waals surface area contributed by atoms with Crippen LogP contribution in [0, 0.1) is 5.92 Å². The highest BCUT2D eigenvalue weighted by Gasteiger charge is 2.22. The lowest BCUT2D eigenvalue weighted by atomic mass is 9.84. The molecule has 1 aromatic heterocycles. The van der Waals surface area contributed by atoms with E-state index in [2.05, 4.69) is 0 Å². The molecule has 2 nitrogen and oxygen atoms in total. The Hall–Kier alpha value is -0.670. The standard InChI is InChI=1S/C13H19NOS/c14-11(9-10-5-2-1-3-6-10)13(15)12-7-4-8-16-12/h4,7-8,10-11H,1-3,5-6,9,14H2. The number of carbonyl (C=O) groups excluding carboxylic acids is 1. The van der Waals surface area contributed by atoms with Crippen molar-refractivity contribution in [2.75, 3.05) is 0 Å². The summed E-state index contributed by atoms with van der Waals surface area (Å²) in [6, 6.07) is 3.49. The molecular formula is C13H19NOS. The zero-order valence-corrected chi connectivity index (χ0v) is 10.3. The number of thiophene rings is 1. The molecule has 1 unspecified atom stereocenters. The number of rotatable bonds is 4. The summed E-state index contributed by atoms with van der Waals surface area (Å²) in [7, 11) is 0. The summed E-state index contributed by atoms with van der Waals surface area (Å²) in [6.45, 7) is 0. The average molecular weight is 237 g/mol. The Kier molecular flexibility index (Phi) is 4.13. The Bertz CT molecular complexity index is 328. The van der Waals surface area contributed by atoms with Crippen molar-refractivity contribution in [3.05, 3.63) is 22.4 Å². The topological polar surface area (TPSA) is 43.1 Å². The molecule has 0 aromatic carbocycles. The lowest BCUT2D eigenvalue weighted by Gasteiger charge is -2.23. The molecule has 0 aliphatic heterocycles. The van der Waals surface area contributed by atoms with E-state index in [1.807, 2.05) is 17.5 Å². The fourth-order valence-electron chi connectivity index (χ4n) is 2.49. The second kappa shape index (κ2) is 5.60. The first-order chi connectivity index (χ1) is 7.77. The van der Waals surface area contributed by atoms with Gasteiger partial charge in [-0.2, -0.15) is 0 Å². The largest absolute Gasteiger partial charge is 0.321 e. The summed E-state index contributed by atoms with van der Waals surface area (Å²) in [5.41, 5.74) is 6.00. The third-order valence-electron chi connectivity index (χ3n) is 3.41. The summed E-state index contributed by atoms with van der Waals surface area (Å²) >= 11 is 1.49.